The molecule has 4 heteroatoms. The van der Waals surface area contributed by atoms with Crippen molar-refractivity contribution in [2.75, 3.05) is 0 Å². The molecule has 0 aromatic heterocycles. The molecule has 0 spiro atoms. The summed E-state index contributed by atoms with van der Waals surface area (Å²) in [5, 5.41) is 9.38. The highest BCUT2D eigenvalue weighted by molar-refractivity contribution is 14.1. The van der Waals surface area contributed by atoms with Crippen LogP contribution < -0.4 is 0 Å². The van der Waals surface area contributed by atoms with E-state index in [2.05, 4.69) is 52.9 Å². The zero-order chi connectivity index (χ0) is 12.3. The van der Waals surface area contributed by atoms with Gasteiger partial charge in [-0.05, 0) is 65.1 Å². The summed E-state index contributed by atoms with van der Waals surface area (Å²) in [6, 6.07) is 15.6. The maximum atomic E-state index is 8.76. The lowest BCUT2D eigenvalue weighted by Gasteiger charge is -2.04. The molecule has 0 radical (unpaired) electrons. The Morgan fingerprint density at radius 1 is 1.12 bits per heavy atom. The predicted molar refractivity (Wildman–Crippen MR) is 79.4 cm³/mol. The van der Waals surface area contributed by atoms with E-state index < -0.39 is 0 Å². The molecule has 0 N–H and O–H groups in total. The number of hydrogen-bond acceptors (Lipinski definition) is 2. The van der Waals surface area contributed by atoms with E-state index in [-0.39, 0.29) is 0 Å². The third-order valence-corrected chi connectivity index (χ3v) is 4.33. The van der Waals surface area contributed by atoms with Crippen molar-refractivity contribution in [3.63, 3.8) is 0 Å². The van der Waals surface area contributed by atoms with E-state index in [4.69, 9.17) is 16.9 Å². The van der Waals surface area contributed by atoms with Crippen LogP contribution in [0.1, 0.15) is 5.56 Å². The number of halogens is 2. The van der Waals surface area contributed by atoms with Crippen LogP contribution in [-0.2, 0) is 0 Å². The SMILES string of the molecule is N#Cc1ccc(Sc2ccc(I)cc2)c(Cl)c1. The lowest BCUT2D eigenvalue weighted by Crippen LogP contribution is -1.79. The molecule has 84 valence electrons. The third-order valence-electron chi connectivity index (χ3n) is 2.10. The quantitative estimate of drug-likeness (QED) is 0.696. The zero-order valence-corrected chi connectivity index (χ0v) is 12.4. The summed E-state index contributed by atoms with van der Waals surface area (Å²) in [5.74, 6) is 0. The average Bonchev–Trinajstić information content (AvgIpc) is 2.34. The highest BCUT2D eigenvalue weighted by Gasteiger charge is 2.04. The molecule has 0 aliphatic heterocycles. The topological polar surface area (TPSA) is 23.8 Å². The van der Waals surface area contributed by atoms with Gasteiger partial charge in [-0.1, -0.05) is 23.4 Å². The summed E-state index contributed by atoms with van der Waals surface area (Å²) in [6.07, 6.45) is 0. The highest BCUT2D eigenvalue weighted by atomic mass is 127. The molecule has 2 aromatic rings. The molecular formula is C13H7ClINS. The van der Waals surface area contributed by atoms with E-state index in [0.717, 1.165) is 9.79 Å². The van der Waals surface area contributed by atoms with Crippen molar-refractivity contribution < 1.29 is 0 Å². The molecule has 2 aromatic carbocycles. The summed E-state index contributed by atoms with van der Waals surface area (Å²) >= 11 is 9.99. The average molecular weight is 372 g/mol. The van der Waals surface area contributed by atoms with Gasteiger partial charge in [0.1, 0.15) is 0 Å². The zero-order valence-electron chi connectivity index (χ0n) is 8.65. The Balaban J connectivity index is 2.25. The van der Waals surface area contributed by atoms with Crippen LogP contribution in [0.15, 0.2) is 52.3 Å². The van der Waals surface area contributed by atoms with E-state index >= 15 is 0 Å². The Morgan fingerprint density at radius 3 is 2.41 bits per heavy atom. The number of nitriles is 1. The van der Waals surface area contributed by atoms with Crippen LogP contribution >= 0.6 is 46.0 Å². The second-order valence-electron chi connectivity index (χ2n) is 3.31. The highest BCUT2D eigenvalue weighted by Crippen LogP contribution is 2.33. The molecule has 0 aliphatic carbocycles. The second kappa shape index (κ2) is 5.76. The Kier molecular flexibility index (Phi) is 4.32. The van der Waals surface area contributed by atoms with Crippen molar-refractivity contribution in [3.8, 4) is 6.07 Å². The molecule has 0 saturated heterocycles. The Bertz CT molecular complexity index is 575. The standard InChI is InChI=1S/C13H7ClINS/c14-12-7-9(8-16)1-6-13(12)17-11-4-2-10(15)3-5-11/h1-7H. The van der Waals surface area contributed by atoms with Crippen molar-refractivity contribution in [1.82, 2.24) is 0 Å². The van der Waals surface area contributed by atoms with Crippen molar-refractivity contribution >= 4 is 46.0 Å². The summed E-state index contributed by atoms with van der Waals surface area (Å²) < 4.78 is 1.21. The van der Waals surface area contributed by atoms with Gasteiger partial charge in [-0.2, -0.15) is 5.26 Å². The first-order valence-electron chi connectivity index (χ1n) is 4.82. The number of rotatable bonds is 2. The fraction of sp³-hybridized carbons (Fsp3) is 0. The normalized spacial score (nSPS) is 9.94. The molecule has 0 heterocycles. The molecule has 17 heavy (non-hydrogen) atoms. The molecule has 2 rings (SSSR count). The largest absolute Gasteiger partial charge is 0.192 e. The van der Waals surface area contributed by atoms with Crippen LogP contribution in [0.3, 0.4) is 0 Å². The van der Waals surface area contributed by atoms with Gasteiger partial charge in [0, 0.05) is 13.4 Å². The van der Waals surface area contributed by atoms with E-state index in [1.165, 1.54) is 3.57 Å². The minimum absolute atomic E-state index is 0.585. The number of hydrogen-bond donors (Lipinski definition) is 0. The second-order valence-corrected chi connectivity index (χ2v) is 6.08. The Hall–Kier alpha value is -0.700. The minimum atomic E-state index is 0.585. The van der Waals surface area contributed by atoms with E-state index in [1.807, 2.05) is 6.07 Å². The van der Waals surface area contributed by atoms with Gasteiger partial charge in [0.15, 0.2) is 0 Å². The van der Waals surface area contributed by atoms with Crippen molar-refractivity contribution in [2.24, 2.45) is 0 Å². The van der Waals surface area contributed by atoms with Crippen LogP contribution in [0.25, 0.3) is 0 Å². The first-order chi connectivity index (χ1) is 8.19. The molecule has 0 bridgehead atoms. The van der Waals surface area contributed by atoms with Gasteiger partial charge in [-0.25, -0.2) is 0 Å². The lowest BCUT2D eigenvalue weighted by molar-refractivity contribution is 1.38. The van der Waals surface area contributed by atoms with E-state index in [0.29, 0.717) is 10.6 Å². The summed E-state index contributed by atoms with van der Waals surface area (Å²) in [4.78, 5) is 2.10. The third kappa shape index (κ3) is 3.38. The van der Waals surface area contributed by atoms with Gasteiger partial charge in [-0.3, -0.25) is 0 Å². The first-order valence-corrected chi connectivity index (χ1v) is 7.09. The molecule has 0 fully saturated rings. The molecule has 0 unspecified atom stereocenters. The summed E-state index contributed by atoms with van der Waals surface area (Å²) in [7, 11) is 0. The van der Waals surface area contributed by atoms with Gasteiger partial charge in [0.2, 0.25) is 0 Å². The fourth-order valence-electron chi connectivity index (χ4n) is 1.28. The van der Waals surface area contributed by atoms with Crippen LogP contribution in [0.5, 0.6) is 0 Å². The summed E-state index contributed by atoms with van der Waals surface area (Å²) in [6.45, 7) is 0. The minimum Gasteiger partial charge on any atom is -0.192 e. The Labute approximate surface area is 123 Å². The number of nitrogens with zero attached hydrogens (tertiary/aromatic N) is 1. The molecule has 0 atom stereocenters. The van der Waals surface area contributed by atoms with E-state index in [9.17, 15) is 0 Å². The molecule has 0 amide bonds. The van der Waals surface area contributed by atoms with Gasteiger partial charge in [-0.15, -0.1) is 0 Å². The molecule has 0 saturated carbocycles. The Morgan fingerprint density at radius 2 is 1.82 bits per heavy atom. The maximum absolute atomic E-state index is 8.76. The summed E-state index contributed by atoms with van der Waals surface area (Å²) in [5.41, 5.74) is 0.585. The lowest BCUT2D eigenvalue weighted by atomic mass is 10.2. The van der Waals surface area contributed by atoms with Crippen molar-refractivity contribution in [2.45, 2.75) is 9.79 Å². The van der Waals surface area contributed by atoms with Crippen molar-refractivity contribution in [1.29, 1.82) is 5.26 Å². The van der Waals surface area contributed by atoms with Gasteiger partial charge in [0.25, 0.3) is 0 Å². The van der Waals surface area contributed by atoms with Gasteiger partial charge in [0.05, 0.1) is 16.7 Å². The van der Waals surface area contributed by atoms with Gasteiger partial charge >= 0.3 is 0 Å². The maximum Gasteiger partial charge on any atom is 0.0992 e. The van der Waals surface area contributed by atoms with Crippen LogP contribution in [0, 0.1) is 14.9 Å². The van der Waals surface area contributed by atoms with Crippen LogP contribution in [0.4, 0.5) is 0 Å². The van der Waals surface area contributed by atoms with Crippen LogP contribution in [0.2, 0.25) is 5.02 Å². The van der Waals surface area contributed by atoms with E-state index in [1.54, 1.807) is 23.9 Å². The first kappa shape index (κ1) is 12.7. The fourth-order valence-corrected chi connectivity index (χ4v) is 2.76. The molecule has 1 nitrogen and oxygen atoms in total. The molecular weight excluding hydrogens is 365 g/mol. The monoisotopic (exact) mass is 371 g/mol. The van der Waals surface area contributed by atoms with Crippen molar-refractivity contribution in [3.05, 3.63) is 56.6 Å². The van der Waals surface area contributed by atoms with Crippen LogP contribution in [-0.4, -0.2) is 0 Å². The van der Waals surface area contributed by atoms with Gasteiger partial charge < -0.3 is 0 Å². The predicted octanol–water partition coefficient (Wildman–Crippen LogP) is 4.97. The number of benzene rings is 2. The smallest absolute Gasteiger partial charge is 0.0992 e. The molecule has 0 aliphatic rings.